The van der Waals surface area contributed by atoms with E-state index >= 15 is 0 Å². The zero-order valence-electron chi connectivity index (χ0n) is 13.5. The van der Waals surface area contributed by atoms with Gasteiger partial charge in [0.05, 0.1) is 10.6 Å². The van der Waals surface area contributed by atoms with Crippen LogP contribution in [0.3, 0.4) is 0 Å². The van der Waals surface area contributed by atoms with Gasteiger partial charge >= 0.3 is 5.97 Å². The molecule has 1 aromatic carbocycles. The number of nitrogens with two attached hydrogens (primary N) is 1. The van der Waals surface area contributed by atoms with Crippen molar-refractivity contribution in [1.29, 1.82) is 0 Å². The number of carbonyl (C=O) groups is 1. The van der Waals surface area contributed by atoms with E-state index in [4.69, 9.17) is 9.88 Å². The second kappa shape index (κ2) is 6.57. The van der Waals surface area contributed by atoms with Crippen LogP contribution in [0.25, 0.3) is 0 Å². The highest BCUT2D eigenvalue weighted by atomic mass is 32.2. The summed E-state index contributed by atoms with van der Waals surface area (Å²) in [6, 6.07) is 6.52. The fourth-order valence-corrected chi connectivity index (χ4v) is 3.94. The Morgan fingerprint density at radius 1 is 1.12 bits per heavy atom. The van der Waals surface area contributed by atoms with Gasteiger partial charge < -0.3 is 10.1 Å². The van der Waals surface area contributed by atoms with Gasteiger partial charge in [0.15, 0.2) is 5.60 Å². The molecule has 3 rings (SSSR count). The predicted molar refractivity (Wildman–Crippen MR) is 89.5 cm³/mol. The van der Waals surface area contributed by atoms with E-state index in [1.165, 1.54) is 18.6 Å². The number of hydrogen-bond acceptors (Lipinski definition) is 5. The second-order valence-corrected chi connectivity index (χ2v) is 7.96. The highest BCUT2D eigenvalue weighted by Crippen LogP contribution is 2.39. The van der Waals surface area contributed by atoms with E-state index in [1.54, 1.807) is 18.2 Å². The number of rotatable bonds is 5. The molecular weight excluding hydrogens is 328 g/mol. The minimum absolute atomic E-state index is 0.109. The first-order valence-electron chi connectivity index (χ1n) is 8.20. The standard InChI is InChI=1S/C17H22N2O4S/c18-24(21,22)14-6-4-13(5-7-14)8-11-19-15-12-16(20)23-17(15)9-2-1-3-10-17/h4-7,12,19H,1-3,8-11H2,(H2,18,21,22). The Balaban J connectivity index is 1.59. The number of carbonyl (C=O) groups excluding carboxylic acids is 1. The van der Waals surface area contributed by atoms with Crippen LogP contribution in [0.5, 0.6) is 0 Å². The van der Waals surface area contributed by atoms with Crippen molar-refractivity contribution in [2.24, 2.45) is 5.14 Å². The van der Waals surface area contributed by atoms with E-state index in [9.17, 15) is 13.2 Å². The first-order valence-corrected chi connectivity index (χ1v) is 9.74. The van der Waals surface area contributed by atoms with Crippen molar-refractivity contribution in [3.05, 3.63) is 41.6 Å². The Hall–Kier alpha value is -1.86. The number of nitrogens with one attached hydrogen (secondary N) is 1. The molecule has 0 unspecified atom stereocenters. The molecule has 3 N–H and O–H groups in total. The Bertz CT molecular complexity index is 747. The van der Waals surface area contributed by atoms with Crippen molar-refractivity contribution in [3.8, 4) is 0 Å². The Kier molecular flexibility index (Phi) is 4.64. The van der Waals surface area contributed by atoms with Gasteiger partial charge in [-0.05, 0) is 49.8 Å². The molecule has 0 atom stereocenters. The van der Waals surface area contributed by atoms with Crippen molar-refractivity contribution in [1.82, 2.24) is 5.32 Å². The summed E-state index contributed by atoms with van der Waals surface area (Å²) in [6.07, 6.45) is 7.36. The van der Waals surface area contributed by atoms with E-state index in [-0.39, 0.29) is 10.9 Å². The largest absolute Gasteiger partial charge is 0.449 e. The van der Waals surface area contributed by atoms with Gasteiger partial charge in [-0.15, -0.1) is 0 Å². The topological polar surface area (TPSA) is 98.5 Å². The highest BCUT2D eigenvalue weighted by molar-refractivity contribution is 7.89. The molecule has 1 aliphatic heterocycles. The van der Waals surface area contributed by atoms with Crippen molar-refractivity contribution >= 4 is 16.0 Å². The van der Waals surface area contributed by atoms with Crippen LogP contribution in [0.1, 0.15) is 37.7 Å². The molecule has 7 heteroatoms. The zero-order valence-corrected chi connectivity index (χ0v) is 14.3. The Morgan fingerprint density at radius 3 is 2.42 bits per heavy atom. The fourth-order valence-electron chi connectivity index (χ4n) is 3.42. The Morgan fingerprint density at radius 2 is 1.79 bits per heavy atom. The van der Waals surface area contributed by atoms with E-state index in [0.717, 1.165) is 36.9 Å². The first kappa shape index (κ1) is 17.0. The predicted octanol–water partition coefficient (Wildman–Crippen LogP) is 1.61. The van der Waals surface area contributed by atoms with E-state index in [1.807, 2.05) is 0 Å². The van der Waals surface area contributed by atoms with Crippen LogP contribution < -0.4 is 10.5 Å². The van der Waals surface area contributed by atoms with Crippen LogP contribution in [-0.4, -0.2) is 26.5 Å². The molecule has 24 heavy (non-hydrogen) atoms. The molecule has 0 radical (unpaired) electrons. The molecule has 1 aliphatic carbocycles. The summed E-state index contributed by atoms with van der Waals surface area (Å²) in [5, 5.41) is 8.43. The molecule has 1 saturated carbocycles. The van der Waals surface area contributed by atoms with Crippen LogP contribution in [0.15, 0.2) is 40.9 Å². The lowest BCUT2D eigenvalue weighted by Crippen LogP contribution is -2.40. The molecule has 1 heterocycles. The molecular formula is C17H22N2O4S. The van der Waals surface area contributed by atoms with Gasteiger partial charge in [-0.25, -0.2) is 18.4 Å². The highest BCUT2D eigenvalue weighted by Gasteiger charge is 2.43. The maximum atomic E-state index is 11.7. The smallest absolute Gasteiger partial charge is 0.333 e. The molecule has 0 bridgehead atoms. The third kappa shape index (κ3) is 3.62. The number of ether oxygens (including phenoxy) is 1. The van der Waals surface area contributed by atoms with Crippen LogP contribution in [-0.2, 0) is 26.0 Å². The summed E-state index contributed by atoms with van der Waals surface area (Å²) in [5.41, 5.74) is 1.43. The first-order chi connectivity index (χ1) is 11.4. The van der Waals surface area contributed by atoms with Crippen molar-refractivity contribution < 1.29 is 17.9 Å². The summed E-state index contributed by atoms with van der Waals surface area (Å²) in [5.74, 6) is -0.267. The van der Waals surface area contributed by atoms with E-state index in [2.05, 4.69) is 5.32 Å². The van der Waals surface area contributed by atoms with Gasteiger partial charge in [-0.2, -0.15) is 0 Å². The minimum Gasteiger partial charge on any atom is -0.449 e. The summed E-state index contributed by atoms with van der Waals surface area (Å²) in [4.78, 5) is 11.8. The van der Waals surface area contributed by atoms with Crippen LogP contribution in [0.2, 0.25) is 0 Å². The molecule has 1 fully saturated rings. The monoisotopic (exact) mass is 350 g/mol. The summed E-state index contributed by atoms with van der Waals surface area (Å²) < 4.78 is 28.1. The van der Waals surface area contributed by atoms with Crippen molar-refractivity contribution in [3.63, 3.8) is 0 Å². The lowest BCUT2D eigenvalue weighted by atomic mass is 9.83. The van der Waals surface area contributed by atoms with Crippen LogP contribution >= 0.6 is 0 Å². The average Bonchev–Trinajstić information content (AvgIpc) is 2.83. The molecule has 1 spiro atoms. The average molecular weight is 350 g/mol. The summed E-state index contributed by atoms with van der Waals surface area (Å²) in [6.45, 7) is 0.652. The SMILES string of the molecule is NS(=O)(=O)c1ccc(CCNC2=CC(=O)OC23CCCCC3)cc1. The molecule has 0 amide bonds. The normalized spacial score (nSPS) is 19.9. The van der Waals surface area contributed by atoms with Gasteiger partial charge in [0.1, 0.15) is 0 Å². The molecule has 0 saturated heterocycles. The fraction of sp³-hybridized carbons (Fsp3) is 0.471. The number of sulfonamides is 1. The number of esters is 1. The summed E-state index contributed by atoms with van der Waals surface area (Å²) >= 11 is 0. The Labute approximate surface area is 142 Å². The number of hydrogen-bond donors (Lipinski definition) is 2. The van der Waals surface area contributed by atoms with Gasteiger partial charge in [0, 0.05) is 12.6 Å². The molecule has 0 aromatic heterocycles. The van der Waals surface area contributed by atoms with Crippen LogP contribution in [0.4, 0.5) is 0 Å². The van der Waals surface area contributed by atoms with E-state index in [0.29, 0.717) is 13.0 Å². The quantitative estimate of drug-likeness (QED) is 0.786. The van der Waals surface area contributed by atoms with Crippen LogP contribution in [0, 0.1) is 0 Å². The maximum absolute atomic E-state index is 11.7. The third-order valence-corrected chi connectivity index (χ3v) is 5.62. The molecule has 130 valence electrons. The second-order valence-electron chi connectivity index (χ2n) is 6.40. The zero-order chi connectivity index (χ0) is 17.2. The molecule has 2 aliphatic rings. The number of primary sulfonamides is 1. The van der Waals surface area contributed by atoms with E-state index < -0.39 is 15.6 Å². The summed E-state index contributed by atoms with van der Waals surface area (Å²) in [7, 11) is -3.66. The maximum Gasteiger partial charge on any atom is 0.333 e. The lowest BCUT2D eigenvalue weighted by Gasteiger charge is -2.34. The molecule has 6 nitrogen and oxygen atoms in total. The lowest BCUT2D eigenvalue weighted by molar-refractivity contribution is -0.148. The third-order valence-electron chi connectivity index (χ3n) is 4.69. The van der Waals surface area contributed by atoms with Crippen molar-refractivity contribution in [2.75, 3.05) is 6.54 Å². The van der Waals surface area contributed by atoms with Gasteiger partial charge in [0.2, 0.25) is 10.0 Å². The van der Waals surface area contributed by atoms with Gasteiger partial charge in [-0.3, -0.25) is 0 Å². The van der Waals surface area contributed by atoms with Crippen molar-refractivity contribution in [2.45, 2.75) is 49.0 Å². The van der Waals surface area contributed by atoms with Gasteiger partial charge in [0.25, 0.3) is 0 Å². The minimum atomic E-state index is -3.66. The van der Waals surface area contributed by atoms with Gasteiger partial charge in [-0.1, -0.05) is 18.6 Å². The molecule has 1 aromatic rings. The number of benzene rings is 1.